The van der Waals surface area contributed by atoms with E-state index < -0.39 is 28.5 Å². The van der Waals surface area contributed by atoms with Gasteiger partial charge in [-0.25, -0.2) is 8.42 Å². The minimum absolute atomic E-state index is 0.0453. The van der Waals surface area contributed by atoms with Gasteiger partial charge in [0, 0.05) is 13.1 Å². The molecule has 0 unspecified atom stereocenters. The molecule has 0 N–H and O–H groups in total. The number of carbonyl (C=O) groups is 2. The van der Waals surface area contributed by atoms with Gasteiger partial charge in [-0.15, -0.1) is 0 Å². The molecule has 0 aromatic heterocycles. The zero-order valence-electron chi connectivity index (χ0n) is 16.7. The Hall–Kier alpha value is -2.13. The first-order valence-corrected chi connectivity index (χ1v) is 11.7. The number of carbonyl (C=O) groups excluding carboxylic acids is 2. The highest BCUT2D eigenvalue weighted by Gasteiger charge is 2.35. The second kappa shape index (κ2) is 9.99. The van der Waals surface area contributed by atoms with Gasteiger partial charge >= 0.3 is 5.97 Å². The number of hydrogen-bond acceptors (Lipinski definition) is 6. The highest BCUT2D eigenvalue weighted by Crippen LogP contribution is 2.33. The highest BCUT2D eigenvalue weighted by atomic mass is 35.5. The van der Waals surface area contributed by atoms with E-state index in [0.717, 1.165) is 0 Å². The Balaban J connectivity index is 1.58. The van der Waals surface area contributed by atoms with Crippen LogP contribution in [0.5, 0.6) is 5.75 Å². The van der Waals surface area contributed by atoms with Crippen molar-refractivity contribution in [1.82, 2.24) is 4.31 Å². The predicted octanol–water partition coefficient (Wildman–Crippen LogP) is 3.83. The molecule has 0 aliphatic carbocycles. The Labute approximate surface area is 190 Å². The van der Waals surface area contributed by atoms with Crippen molar-refractivity contribution >= 4 is 45.0 Å². The summed E-state index contributed by atoms with van der Waals surface area (Å²) in [5.41, 5.74) is 0.329. The molecule has 0 atom stereocenters. The van der Waals surface area contributed by atoms with E-state index >= 15 is 0 Å². The largest absolute Gasteiger partial charge is 0.496 e. The summed E-state index contributed by atoms with van der Waals surface area (Å²) >= 11 is 12.1. The Kier molecular flexibility index (Phi) is 7.59. The van der Waals surface area contributed by atoms with Crippen LogP contribution in [0.2, 0.25) is 10.0 Å². The summed E-state index contributed by atoms with van der Waals surface area (Å²) in [6, 6.07) is 11.2. The van der Waals surface area contributed by atoms with Crippen LogP contribution < -0.4 is 4.74 Å². The number of nitrogens with zero attached hydrogens (tertiary/aromatic N) is 1. The number of rotatable bonds is 7. The lowest BCUT2D eigenvalue weighted by molar-refractivity contribution is -0.148. The van der Waals surface area contributed by atoms with Crippen molar-refractivity contribution in [3.8, 4) is 5.75 Å². The highest BCUT2D eigenvalue weighted by molar-refractivity contribution is 7.89. The van der Waals surface area contributed by atoms with Crippen LogP contribution in [0, 0.1) is 5.92 Å². The molecule has 166 valence electrons. The maximum Gasteiger partial charge on any atom is 0.309 e. The van der Waals surface area contributed by atoms with E-state index in [2.05, 4.69) is 0 Å². The fourth-order valence-electron chi connectivity index (χ4n) is 3.40. The van der Waals surface area contributed by atoms with Crippen LogP contribution in [-0.4, -0.2) is 51.3 Å². The van der Waals surface area contributed by atoms with E-state index in [-0.39, 0.29) is 46.7 Å². The fourth-order valence-corrected chi connectivity index (χ4v) is 5.96. The molecule has 3 rings (SSSR count). The van der Waals surface area contributed by atoms with Crippen LogP contribution in [0.15, 0.2) is 47.4 Å². The number of Topliss-reactive ketones (excluding diaryl/α,β-unsaturated/α-hetero) is 1. The molecule has 0 bridgehead atoms. The molecule has 7 nitrogen and oxygen atoms in total. The number of ether oxygens (including phenoxy) is 2. The lowest BCUT2D eigenvalue weighted by Crippen LogP contribution is -2.41. The predicted molar refractivity (Wildman–Crippen MR) is 116 cm³/mol. The number of para-hydroxylation sites is 1. The minimum Gasteiger partial charge on any atom is -0.496 e. The van der Waals surface area contributed by atoms with Gasteiger partial charge in [0.2, 0.25) is 15.8 Å². The zero-order chi connectivity index (χ0) is 22.6. The molecule has 2 aromatic carbocycles. The Morgan fingerprint density at radius 2 is 1.65 bits per heavy atom. The summed E-state index contributed by atoms with van der Waals surface area (Å²) in [7, 11) is -2.44. The molecule has 0 radical (unpaired) electrons. The first kappa shape index (κ1) is 23.5. The maximum atomic E-state index is 12.9. The number of halogens is 2. The van der Waals surface area contributed by atoms with Crippen LogP contribution in [0.25, 0.3) is 0 Å². The Morgan fingerprint density at radius 3 is 2.26 bits per heavy atom. The van der Waals surface area contributed by atoms with E-state index in [0.29, 0.717) is 11.3 Å². The zero-order valence-corrected chi connectivity index (χ0v) is 19.0. The quantitative estimate of drug-likeness (QED) is 0.437. The molecule has 1 heterocycles. The minimum atomic E-state index is -3.89. The third-order valence-electron chi connectivity index (χ3n) is 5.06. The molecule has 0 amide bonds. The summed E-state index contributed by atoms with van der Waals surface area (Å²) in [6.07, 6.45) is 0.534. The first-order chi connectivity index (χ1) is 14.8. The first-order valence-electron chi connectivity index (χ1n) is 9.52. The number of methoxy groups -OCH3 is 1. The Morgan fingerprint density at radius 1 is 1.03 bits per heavy atom. The molecule has 2 aromatic rings. The monoisotopic (exact) mass is 485 g/mol. The summed E-state index contributed by atoms with van der Waals surface area (Å²) in [4.78, 5) is 24.6. The van der Waals surface area contributed by atoms with E-state index in [1.165, 1.54) is 23.5 Å². The Bertz CT molecular complexity index is 1060. The molecule has 1 aliphatic heterocycles. The van der Waals surface area contributed by atoms with Gasteiger partial charge in [0.1, 0.15) is 10.6 Å². The number of hydrogen-bond donors (Lipinski definition) is 0. The summed E-state index contributed by atoms with van der Waals surface area (Å²) in [5.74, 6) is -1.01. The molecular weight excluding hydrogens is 465 g/mol. The molecule has 31 heavy (non-hydrogen) atoms. The van der Waals surface area contributed by atoms with Crippen LogP contribution in [0.4, 0.5) is 0 Å². The molecule has 0 spiro atoms. The van der Waals surface area contributed by atoms with Crippen molar-refractivity contribution in [3.05, 3.63) is 58.1 Å². The van der Waals surface area contributed by atoms with Crippen molar-refractivity contribution in [1.29, 1.82) is 0 Å². The van der Waals surface area contributed by atoms with Gasteiger partial charge in [-0.05, 0) is 37.1 Å². The van der Waals surface area contributed by atoms with E-state index in [9.17, 15) is 18.0 Å². The smallest absolute Gasteiger partial charge is 0.309 e. The van der Waals surface area contributed by atoms with Gasteiger partial charge in [-0.2, -0.15) is 4.31 Å². The van der Waals surface area contributed by atoms with Gasteiger partial charge in [0.25, 0.3) is 0 Å². The van der Waals surface area contributed by atoms with E-state index in [4.69, 9.17) is 32.7 Å². The summed E-state index contributed by atoms with van der Waals surface area (Å²) in [6.45, 7) is -0.179. The van der Waals surface area contributed by atoms with Gasteiger partial charge in [0.15, 0.2) is 6.61 Å². The number of sulfonamides is 1. The second-order valence-corrected chi connectivity index (χ2v) is 9.65. The lowest BCUT2D eigenvalue weighted by atomic mass is 9.98. The SMILES string of the molecule is COc1ccccc1C(=O)COC(=O)C1CCN(S(=O)(=O)c2c(Cl)cccc2Cl)CC1. The summed E-state index contributed by atoms with van der Waals surface area (Å²) < 4.78 is 37.4. The second-order valence-electron chi connectivity index (χ2n) is 6.96. The van der Waals surface area contributed by atoms with E-state index in [1.54, 1.807) is 30.3 Å². The van der Waals surface area contributed by atoms with Crippen molar-refractivity contribution in [2.45, 2.75) is 17.7 Å². The van der Waals surface area contributed by atoms with Gasteiger partial charge in [-0.1, -0.05) is 41.4 Å². The van der Waals surface area contributed by atoms with Crippen LogP contribution in [0.1, 0.15) is 23.2 Å². The normalized spacial score (nSPS) is 15.5. The average Bonchev–Trinajstić information content (AvgIpc) is 2.77. The van der Waals surface area contributed by atoms with Crippen molar-refractivity contribution < 1.29 is 27.5 Å². The molecule has 1 fully saturated rings. The van der Waals surface area contributed by atoms with Crippen LogP contribution in [-0.2, 0) is 19.6 Å². The van der Waals surface area contributed by atoms with Gasteiger partial charge in [-0.3, -0.25) is 9.59 Å². The number of ketones is 1. The molecule has 10 heteroatoms. The number of esters is 1. The maximum absolute atomic E-state index is 12.9. The number of piperidine rings is 1. The third kappa shape index (κ3) is 5.20. The van der Waals surface area contributed by atoms with Crippen molar-refractivity contribution in [2.75, 3.05) is 26.8 Å². The molecule has 0 saturated carbocycles. The average molecular weight is 486 g/mol. The fraction of sp³-hybridized carbons (Fsp3) is 0.333. The number of benzene rings is 2. The molecule has 1 aliphatic rings. The molecule has 1 saturated heterocycles. The van der Waals surface area contributed by atoms with Crippen molar-refractivity contribution in [3.63, 3.8) is 0 Å². The molecular formula is C21H21Cl2NO6S. The van der Waals surface area contributed by atoms with Crippen molar-refractivity contribution in [2.24, 2.45) is 5.92 Å². The van der Waals surface area contributed by atoms with E-state index in [1.807, 2.05) is 0 Å². The third-order valence-corrected chi connectivity index (χ3v) is 7.91. The topological polar surface area (TPSA) is 90.0 Å². The lowest BCUT2D eigenvalue weighted by Gasteiger charge is -2.30. The van der Waals surface area contributed by atoms with Crippen LogP contribution in [0.3, 0.4) is 0 Å². The standard InChI is InChI=1S/C21H21Cl2NO6S/c1-29-19-8-3-2-5-15(19)18(25)13-30-21(26)14-9-11-24(12-10-14)31(27,28)20-16(22)6-4-7-17(20)23/h2-8,14H,9-13H2,1H3. The van der Waals surface area contributed by atoms with Crippen LogP contribution >= 0.6 is 23.2 Å². The summed E-state index contributed by atoms with van der Waals surface area (Å²) in [5, 5.41) is 0.0905. The van der Waals surface area contributed by atoms with Gasteiger partial charge < -0.3 is 9.47 Å². The van der Waals surface area contributed by atoms with Gasteiger partial charge in [0.05, 0.1) is 28.6 Å².